The van der Waals surface area contributed by atoms with Gasteiger partial charge in [-0.1, -0.05) is 39.0 Å². The Bertz CT molecular complexity index is 865. The summed E-state index contributed by atoms with van der Waals surface area (Å²) in [5, 5.41) is 17.2. The predicted octanol–water partition coefficient (Wildman–Crippen LogP) is 4.57. The summed E-state index contributed by atoms with van der Waals surface area (Å²) in [4.78, 5) is 0. The van der Waals surface area contributed by atoms with E-state index in [1.54, 1.807) is 18.2 Å². The molecule has 0 radical (unpaired) electrons. The first kappa shape index (κ1) is 15.0. The van der Waals surface area contributed by atoms with Gasteiger partial charge in [0, 0.05) is 11.1 Å². The third-order valence-electron chi connectivity index (χ3n) is 3.66. The molecule has 0 aliphatic carbocycles. The lowest BCUT2D eigenvalue weighted by atomic mass is 9.87. The molecule has 0 bridgehead atoms. The van der Waals surface area contributed by atoms with Gasteiger partial charge in [0.2, 0.25) is 11.8 Å². The lowest BCUT2D eigenvalue weighted by Crippen LogP contribution is -2.10. The molecule has 23 heavy (non-hydrogen) atoms. The van der Waals surface area contributed by atoms with Crippen molar-refractivity contribution in [1.82, 2.24) is 10.2 Å². The van der Waals surface area contributed by atoms with E-state index in [4.69, 9.17) is 9.68 Å². The molecule has 0 N–H and O–H groups in total. The van der Waals surface area contributed by atoms with E-state index >= 15 is 0 Å². The molecule has 0 spiro atoms. The molecule has 1 aromatic heterocycles. The zero-order valence-electron chi connectivity index (χ0n) is 13.4. The maximum Gasteiger partial charge on any atom is 0.248 e. The number of aromatic nitrogens is 2. The van der Waals surface area contributed by atoms with E-state index in [2.05, 4.69) is 49.2 Å². The molecule has 0 saturated carbocycles. The molecule has 114 valence electrons. The van der Waals surface area contributed by atoms with Crippen molar-refractivity contribution in [3.63, 3.8) is 0 Å². The monoisotopic (exact) mass is 303 g/mol. The zero-order valence-corrected chi connectivity index (χ0v) is 13.4. The minimum atomic E-state index is 0.107. The van der Waals surface area contributed by atoms with Crippen LogP contribution in [0.4, 0.5) is 0 Å². The van der Waals surface area contributed by atoms with E-state index < -0.39 is 0 Å². The molecule has 4 nitrogen and oxygen atoms in total. The van der Waals surface area contributed by atoms with Crippen molar-refractivity contribution in [3.05, 3.63) is 59.7 Å². The highest BCUT2D eigenvalue weighted by atomic mass is 16.4. The minimum Gasteiger partial charge on any atom is -0.416 e. The number of nitrogens with zero attached hydrogens (tertiary/aromatic N) is 3. The molecular weight excluding hydrogens is 286 g/mol. The molecule has 2 aromatic carbocycles. The molecule has 0 unspecified atom stereocenters. The smallest absolute Gasteiger partial charge is 0.248 e. The Morgan fingerprint density at radius 3 is 2.17 bits per heavy atom. The molecule has 0 fully saturated rings. The van der Waals surface area contributed by atoms with E-state index in [1.165, 1.54) is 5.56 Å². The molecule has 0 aliphatic heterocycles. The average Bonchev–Trinajstić information content (AvgIpc) is 3.04. The molecule has 0 aliphatic rings. The summed E-state index contributed by atoms with van der Waals surface area (Å²) >= 11 is 0. The maximum atomic E-state index is 8.97. The van der Waals surface area contributed by atoms with Crippen molar-refractivity contribution in [2.75, 3.05) is 0 Å². The molecule has 3 rings (SSSR count). The summed E-state index contributed by atoms with van der Waals surface area (Å²) < 4.78 is 5.75. The average molecular weight is 303 g/mol. The Balaban J connectivity index is 1.91. The topological polar surface area (TPSA) is 62.7 Å². The fourth-order valence-corrected chi connectivity index (χ4v) is 2.29. The number of rotatable bonds is 2. The van der Waals surface area contributed by atoms with Gasteiger partial charge < -0.3 is 4.42 Å². The quantitative estimate of drug-likeness (QED) is 0.695. The van der Waals surface area contributed by atoms with Crippen LogP contribution < -0.4 is 0 Å². The summed E-state index contributed by atoms with van der Waals surface area (Å²) in [6, 6.07) is 17.4. The number of hydrogen-bond donors (Lipinski definition) is 0. The summed E-state index contributed by atoms with van der Waals surface area (Å²) in [5.41, 5.74) is 3.55. The van der Waals surface area contributed by atoms with Gasteiger partial charge in [0.1, 0.15) is 0 Å². The molecular formula is C19H17N3O. The highest BCUT2D eigenvalue weighted by molar-refractivity contribution is 5.59. The fourth-order valence-electron chi connectivity index (χ4n) is 2.29. The second kappa shape index (κ2) is 5.69. The summed E-state index contributed by atoms with van der Waals surface area (Å²) in [7, 11) is 0. The summed E-state index contributed by atoms with van der Waals surface area (Å²) in [6.45, 7) is 6.53. The van der Waals surface area contributed by atoms with Crippen LogP contribution in [0.25, 0.3) is 22.9 Å². The number of nitriles is 1. The van der Waals surface area contributed by atoms with Crippen LogP contribution in [-0.2, 0) is 5.41 Å². The second-order valence-corrected chi connectivity index (χ2v) is 6.43. The van der Waals surface area contributed by atoms with Gasteiger partial charge in [-0.25, -0.2) is 0 Å². The Morgan fingerprint density at radius 1 is 0.913 bits per heavy atom. The van der Waals surface area contributed by atoms with Crippen LogP contribution in [-0.4, -0.2) is 10.2 Å². The predicted molar refractivity (Wildman–Crippen MR) is 88.6 cm³/mol. The third kappa shape index (κ3) is 3.14. The van der Waals surface area contributed by atoms with Crippen LogP contribution in [0, 0.1) is 11.3 Å². The summed E-state index contributed by atoms with van der Waals surface area (Å²) in [5.74, 6) is 0.889. The van der Waals surface area contributed by atoms with Crippen molar-refractivity contribution < 1.29 is 4.42 Å². The fraction of sp³-hybridized carbons (Fsp3) is 0.211. The molecule has 3 aromatic rings. The zero-order chi connectivity index (χ0) is 16.4. The van der Waals surface area contributed by atoms with Crippen molar-refractivity contribution >= 4 is 0 Å². The van der Waals surface area contributed by atoms with Crippen LogP contribution in [0.1, 0.15) is 31.9 Å². The molecule has 1 heterocycles. The Morgan fingerprint density at radius 2 is 1.57 bits per heavy atom. The van der Waals surface area contributed by atoms with Crippen LogP contribution in [0.3, 0.4) is 0 Å². The lowest BCUT2D eigenvalue weighted by Gasteiger charge is -2.18. The highest BCUT2D eigenvalue weighted by Gasteiger charge is 2.15. The first-order valence-electron chi connectivity index (χ1n) is 7.42. The van der Waals surface area contributed by atoms with Crippen LogP contribution in [0.2, 0.25) is 0 Å². The van der Waals surface area contributed by atoms with Crippen molar-refractivity contribution in [2.45, 2.75) is 26.2 Å². The lowest BCUT2D eigenvalue weighted by molar-refractivity contribution is 0.582. The molecule has 0 amide bonds. The van der Waals surface area contributed by atoms with Gasteiger partial charge in [-0.2, -0.15) is 5.26 Å². The van der Waals surface area contributed by atoms with Crippen molar-refractivity contribution in [2.24, 2.45) is 0 Å². The van der Waals surface area contributed by atoms with E-state index in [9.17, 15) is 0 Å². The van der Waals surface area contributed by atoms with E-state index in [1.807, 2.05) is 18.2 Å². The van der Waals surface area contributed by atoms with Gasteiger partial charge >= 0.3 is 0 Å². The molecule has 0 atom stereocenters. The normalized spacial score (nSPS) is 11.2. The Labute approximate surface area is 135 Å². The van der Waals surface area contributed by atoms with Crippen LogP contribution >= 0.6 is 0 Å². The van der Waals surface area contributed by atoms with Crippen LogP contribution in [0.5, 0.6) is 0 Å². The SMILES string of the molecule is CC(C)(C)c1ccc(-c2nnc(-c3cccc(C#N)c3)o2)cc1. The standard InChI is InChI=1S/C19H17N3O/c1-19(2,3)16-9-7-14(8-10-16)17-21-22-18(23-17)15-6-4-5-13(11-15)12-20/h4-11H,1-3H3. The second-order valence-electron chi connectivity index (χ2n) is 6.43. The minimum absolute atomic E-state index is 0.107. The maximum absolute atomic E-state index is 8.97. The van der Waals surface area contributed by atoms with Gasteiger partial charge in [-0.05, 0) is 41.3 Å². The van der Waals surface area contributed by atoms with Gasteiger partial charge in [0.05, 0.1) is 11.6 Å². The highest BCUT2D eigenvalue weighted by Crippen LogP contribution is 2.27. The first-order chi connectivity index (χ1) is 11.0. The Hall–Kier alpha value is -2.93. The van der Waals surface area contributed by atoms with Gasteiger partial charge in [0.25, 0.3) is 0 Å². The van der Waals surface area contributed by atoms with Crippen LogP contribution in [0.15, 0.2) is 52.9 Å². The Kier molecular flexibility index (Phi) is 3.71. The van der Waals surface area contributed by atoms with E-state index in [-0.39, 0.29) is 5.41 Å². The van der Waals surface area contributed by atoms with E-state index in [0.29, 0.717) is 17.3 Å². The first-order valence-corrected chi connectivity index (χ1v) is 7.42. The summed E-state index contributed by atoms with van der Waals surface area (Å²) in [6.07, 6.45) is 0. The number of hydrogen-bond acceptors (Lipinski definition) is 4. The molecule has 0 saturated heterocycles. The van der Waals surface area contributed by atoms with Crippen molar-refractivity contribution in [3.8, 4) is 29.0 Å². The van der Waals surface area contributed by atoms with Gasteiger partial charge in [0.15, 0.2) is 0 Å². The van der Waals surface area contributed by atoms with Gasteiger partial charge in [-0.3, -0.25) is 0 Å². The van der Waals surface area contributed by atoms with Gasteiger partial charge in [-0.15, -0.1) is 10.2 Å². The number of benzene rings is 2. The molecule has 4 heteroatoms. The largest absolute Gasteiger partial charge is 0.416 e. The third-order valence-corrected chi connectivity index (χ3v) is 3.66. The van der Waals surface area contributed by atoms with Crippen molar-refractivity contribution in [1.29, 1.82) is 5.26 Å². The van der Waals surface area contributed by atoms with E-state index in [0.717, 1.165) is 11.1 Å².